The number of carbonyl (C=O) groups excluding carboxylic acids is 2. The smallest absolute Gasteiger partial charge is 0.248 e. The molecule has 1 amide bonds. The number of fused-ring (bicyclic) bond motifs is 2. The highest BCUT2D eigenvalue weighted by molar-refractivity contribution is 8.02. The maximum atomic E-state index is 13.0. The molecule has 1 atom stereocenters. The number of allylic oxidation sites excluding steroid dienone is 2. The van der Waals surface area contributed by atoms with Gasteiger partial charge in [0, 0.05) is 22.2 Å². The minimum Gasteiger partial charge on any atom is -0.347 e. The van der Waals surface area contributed by atoms with Gasteiger partial charge in [0.05, 0.1) is 11.6 Å². The third-order valence-electron chi connectivity index (χ3n) is 4.21. The van der Waals surface area contributed by atoms with Crippen molar-refractivity contribution in [2.75, 3.05) is 11.6 Å². The number of aromatic nitrogens is 2. The molecule has 1 saturated heterocycles. The van der Waals surface area contributed by atoms with Crippen molar-refractivity contribution in [1.82, 2.24) is 15.3 Å². The lowest BCUT2D eigenvalue weighted by atomic mass is 9.76. The van der Waals surface area contributed by atoms with Gasteiger partial charge < -0.3 is 10.6 Å². The highest BCUT2D eigenvalue weighted by Gasteiger charge is 2.45. The molecule has 2 aliphatic rings. The van der Waals surface area contributed by atoms with Crippen LogP contribution in [0.5, 0.6) is 0 Å². The minimum atomic E-state index is -0.585. The molecule has 0 spiro atoms. The Labute approximate surface area is 138 Å². The highest BCUT2D eigenvalue weighted by Crippen LogP contribution is 2.38. The summed E-state index contributed by atoms with van der Waals surface area (Å²) in [6.45, 7) is 3.77. The summed E-state index contributed by atoms with van der Waals surface area (Å²) in [6.07, 6.45) is 7.15. The number of nitrogens with one attached hydrogen (secondary N) is 2. The largest absolute Gasteiger partial charge is 0.347 e. The van der Waals surface area contributed by atoms with Crippen molar-refractivity contribution in [2.45, 2.75) is 25.8 Å². The first-order valence-corrected chi connectivity index (χ1v) is 8.53. The van der Waals surface area contributed by atoms with Crippen LogP contribution in [-0.4, -0.2) is 33.5 Å². The van der Waals surface area contributed by atoms with E-state index in [9.17, 15) is 9.59 Å². The predicted octanol–water partition coefficient (Wildman–Crippen LogP) is 1.89. The van der Waals surface area contributed by atoms with E-state index in [0.717, 1.165) is 4.91 Å². The number of carbonyl (C=O) groups is 2. The second-order valence-corrected chi connectivity index (χ2v) is 6.97. The molecule has 0 radical (unpaired) electrons. The molecule has 3 rings (SSSR count). The Kier molecular flexibility index (Phi) is 3.97. The summed E-state index contributed by atoms with van der Waals surface area (Å²) in [7, 11) is 0. The number of piperidine rings is 1. The van der Waals surface area contributed by atoms with Gasteiger partial charge in [0.25, 0.3) is 0 Å². The maximum Gasteiger partial charge on any atom is 0.248 e. The monoisotopic (exact) mass is 330 g/mol. The number of amides is 1. The molecule has 23 heavy (non-hydrogen) atoms. The zero-order chi connectivity index (χ0) is 16.6. The molecule has 0 saturated carbocycles. The van der Waals surface area contributed by atoms with E-state index in [2.05, 4.69) is 20.6 Å². The van der Waals surface area contributed by atoms with Crippen molar-refractivity contribution in [3.63, 3.8) is 0 Å². The lowest BCUT2D eigenvalue weighted by molar-refractivity contribution is -0.126. The van der Waals surface area contributed by atoms with Crippen LogP contribution in [0.1, 0.15) is 20.3 Å². The van der Waals surface area contributed by atoms with Gasteiger partial charge >= 0.3 is 0 Å². The third-order valence-corrected chi connectivity index (χ3v) is 5.01. The van der Waals surface area contributed by atoms with Crippen molar-refractivity contribution in [3.8, 4) is 0 Å². The SMILES string of the molecule is CSC1=C2CC(C(=O)C(Nc3ccncn3)=C1)C(C)(C)NC2=O. The van der Waals surface area contributed by atoms with Crippen LogP contribution >= 0.6 is 11.8 Å². The van der Waals surface area contributed by atoms with E-state index in [1.807, 2.05) is 20.1 Å². The molecule has 0 aromatic carbocycles. The molecule has 2 heterocycles. The normalized spacial score (nSPS) is 23.1. The van der Waals surface area contributed by atoms with E-state index < -0.39 is 5.54 Å². The number of hydrogen-bond donors (Lipinski definition) is 2. The molecule has 2 bridgehead atoms. The van der Waals surface area contributed by atoms with Gasteiger partial charge in [0.2, 0.25) is 5.91 Å². The number of Topliss-reactive ketones (excluding diaryl/α,β-unsaturated/α-hetero) is 1. The fourth-order valence-electron chi connectivity index (χ4n) is 2.90. The molecule has 1 aliphatic carbocycles. The minimum absolute atomic E-state index is 0.0184. The van der Waals surface area contributed by atoms with Gasteiger partial charge in [-0.05, 0) is 38.7 Å². The third kappa shape index (κ3) is 2.88. The summed E-state index contributed by atoms with van der Waals surface area (Å²) in [4.78, 5) is 34.1. The average molecular weight is 330 g/mol. The van der Waals surface area contributed by atoms with Gasteiger partial charge in [-0.1, -0.05) is 0 Å². The number of rotatable bonds is 3. The molecular formula is C16H18N4O2S. The van der Waals surface area contributed by atoms with Crippen molar-refractivity contribution in [1.29, 1.82) is 0 Å². The summed E-state index contributed by atoms with van der Waals surface area (Å²) in [6, 6.07) is 1.70. The van der Waals surface area contributed by atoms with Crippen LogP contribution in [0.3, 0.4) is 0 Å². The summed E-state index contributed by atoms with van der Waals surface area (Å²) >= 11 is 1.47. The lowest BCUT2D eigenvalue weighted by Crippen LogP contribution is -2.56. The summed E-state index contributed by atoms with van der Waals surface area (Å²) in [5.41, 5.74) is 0.546. The first kappa shape index (κ1) is 15.7. The van der Waals surface area contributed by atoms with Crippen molar-refractivity contribution in [2.24, 2.45) is 5.92 Å². The van der Waals surface area contributed by atoms with Crippen LogP contribution in [0.2, 0.25) is 0 Å². The Hall–Kier alpha value is -2.15. The Morgan fingerprint density at radius 3 is 2.83 bits per heavy atom. The fourth-order valence-corrected chi connectivity index (χ4v) is 3.56. The Balaban J connectivity index is 2.05. The van der Waals surface area contributed by atoms with Gasteiger partial charge in [-0.15, -0.1) is 11.8 Å². The summed E-state index contributed by atoms with van der Waals surface area (Å²) in [5, 5.41) is 6.03. The van der Waals surface area contributed by atoms with Crippen LogP contribution in [0, 0.1) is 5.92 Å². The van der Waals surface area contributed by atoms with Crippen molar-refractivity contribution >= 4 is 29.3 Å². The zero-order valence-electron chi connectivity index (χ0n) is 13.2. The number of anilines is 1. The molecule has 1 unspecified atom stereocenters. The van der Waals surface area contributed by atoms with Crippen LogP contribution < -0.4 is 10.6 Å². The highest BCUT2D eigenvalue weighted by atomic mass is 32.2. The Bertz CT molecular complexity index is 725. The number of hydrogen-bond acceptors (Lipinski definition) is 6. The lowest BCUT2D eigenvalue weighted by Gasteiger charge is -2.39. The van der Waals surface area contributed by atoms with Crippen molar-refractivity contribution in [3.05, 3.63) is 40.8 Å². The van der Waals surface area contributed by atoms with E-state index in [-0.39, 0.29) is 17.6 Å². The van der Waals surface area contributed by atoms with Crippen LogP contribution in [0.15, 0.2) is 40.8 Å². The molecule has 1 aromatic rings. The van der Waals surface area contributed by atoms with Gasteiger partial charge in [-0.25, -0.2) is 9.97 Å². The number of thioether (sulfide) groups is 1. The van der Waals surface area contributed by atoms with Crippen LogP contribution in [0.4, 0.5) is 5.82 Å². The van der Waals surface area contributed by atoms with Crippen LogP contribution in [0.25, 0.3) is 0 Å². The summed E-state index contributed by atoms with van der Waals surface area (Å²) < 4.78 is 0. The van der Waals surface area contributed by atoms with Crippen LogP contribution in [-0.2, 0) is 9.59 Å². The standard InChI is InChI=1S/C16H18N4O2S/c1-16(2)10-6-9(15(22)20-16)12(23-3)7-11(14(10)21)19-13-4-5-17-8-18-13/h4-5,7-8,10H,6H2,1-3H3,(H,20,22)(H,17,18,19). The van der Waals surface area contributed by atoms with Gasteiger partial charge in [-0.2, -0.15) is 0 Å². The Morgan fingerprint density at radius 2 is 2.17 bits per heavy atom. The molecule has 120 valence electrons. The van der Waals surface area contributed by atoms with Gasteiger partial charge in [0.15, 0.2) is 5.78 Å². The summed E-state index contributed by atoms with van der Waals surface area (Å²) in [5.74, 6) is 0.136. The van der Waals surface area contributed by atoms with E-state index >= 15 is 0 Å². The topological polar surface area (TPSA) is 84.0 Å². The molecule has 6 nitrogen and oxygen atoms in total. The molecule has 1 aromatic heterocycles. The zero-order valence-corrected chi connectivity index (χ0v) is 14.0. The molecule has 7 heteroatoms. The second kappa shape index (κ2) is 5.81. The van der Waals surface area contributed by atoms with Crippen molar-refractivity contribution < 1.29 is 9.59 Å². The first-order valence-electron chi connectivity index (χ1n) is 7.31. The van der Waals surface area contributed by atoms with E-state index in [4.69, 9.17) is 0 Å². The maximum absolute atomic E-state index is 13.0. The second-order valence-electron chi connectivity index (χ2n) is 6.12. The quantitative estimate of drug-likeness (QED) is 0.880. The fraction of sp³-hybridized carbons (Fsp3) is 0.375. The van der Waals surface area contributed by atoms with Gasteiger partial charge in [-0.3, -0.25) is 9.59 Å². The molecule has 1 aliphatic heterocycles. The molecule has 1 fully saturated rings. The van der Waals surface area contributed by atoms with E-state index in [0.29, 0.717) is 23.5 Å². The predicted molar refractivity (Wildman–Crippen MR) is 89.6 cm³/mol. The first-order chi connectivity index (χ1) is 10.9. The Morgan fingerprint density at radius 1 is 1.39 bits per heavy atom. The van der Waals surface area contributed by atoms with E-state index in [1.54, 1.807) is 18.3 Å². The molecule has 2 N–H and O–H groups in total. The average Bonchev–Trinajstić information content (AvgIpc) is 2.64. The van der Waals surface area contributed by atoms with Gasteiger partial charge in [0.1, 0.15) is 12.1 Å². The van der Waals surface area contributed by atoms with E-state index in [1.165, 1.54) is 18.1 Å². The molecular weight excluding hydrogens is 312 g/mol. The number of nitrogens with zero attached hydrogens (tertiary/aromatic N) is 2. The number of ketones is 1.